The number of amides is 3. The molecule has 5 rings (SSSR count). The molecule has 1 atom stereocenters. The van der Waals surface area contributed by atoms with E-state index in [4.69, 9.17) is 4.98 Å². The average molecular weight is 574 g/mol. The van der Waals surface area contributed by atoms with Crippen molar-refractivity contribution >= 4 is 39.5 Å². The van der Waals surface area contributed by atoms with Gasteiger partial charge in [0, 0.05) is 23.5 Å². The molecule has 8 nitrogen and oxygen atoms in total. The van der Waals surface area contributed by atoms with Crippen molar-refractivity contribution in [1.82, 2.24) is 19.2 Å². The molecular weight excluding hydrogens is 548 g/mol. The predicted molar refractivity (Wildman–Crippen MR) is 145 cm³/mol. The number of imidazole rings is 1. The molecule has 4 aromatic rings. The van der Waals surface area contributed by atoms with Crippen LogP contribution in [0.4, 0.5) is 4.79 Å². The van der Waals surface area contributed by atoms with Crippen molar-refractivity contribution in [3.05, 3.63) is 94.2 Å². The van der Waals surface area contributed by atoms with E-state index in [2.05, 4.69) is 15.9 Å². The van der Waals surface area contributed by atoms with Gasteiger partial charge in [-0.1, -0.05) is 36.4 Å². The number of aromatic nitrogens is 2. The average Bonchev–Trinajstić information content (AvgIpc) is 3.40. The topological polar surface area (TPSA) is 98.1 Å². The van der Waals surface area contributed by atoms with E-state index in [9.17, 15) is 19.5 Å². The number of halogens is 1. The summed E-state index contributed by atoms with van der Waals surface area (Å²) in [6, 6.07) is 17.5. The van der Waals surface area contributed by atoms with Crippen molar-refractivity contribution in [2.45, 2.75) is 38.8 Å². The van der Waals surface area contributed by atoms with Gasteiger partial charge in [0.2, 0.25) is 0 Å². The van der Waals surface area contributed by atoms with Gasteiger partial charge in [-0.3, -0.25) is 14.5 Å². The first-order chi connectivity index (χ1) is 18.0. The first-order valence-electron chi connectivity index (χ1n) is 12.2. The Labute approximate surface area is 228 Å². The number of hydrogen-bond acceptors (Lipinski definition) is 5. The highest BCUT2D eigenvalue weighted by atomic mass is 79.9. The maximum Gasteiger partial charge on any atom is 0.261 e. The number of nitrogens with zero attached hydrogens (tertiary/aromatic N) is 4. The summed E-state index contributed by atoms with van der Waals surface area (Å²) >= 11 is 3.52. The second-order valence-electron chi connectivity index (χ2n) is 10.3. The monoisotopic (exact) mass is 573 g/mol. The lowest BCUT2D eigenvalue weighted by molar-refractivity contribution is -0.273. The maximum atomic E-state index is 13.0. The van der Waals surface area contributed by atoms with E-state index in [0.29, 0.717) is 11.1 Å². The molecule has 1 aliphatic heterocycles. The molecule has 2 aromatic heterocycles. The summed E-state index contributed by atoms with van der Waals surface area (Å²) in [5.74, 6) is -0.840. The zero-order valence-electron chi connectivity index (χ0n) is 21.2. The molecule has 2 aromatic carbocycles. The van der Waals surface area contributed by atoms with Crippen LogP contribution in [0.5, 0.6) is 0 Å². The zero-order valence-corrected chi connectivity index (χ0v) is 22.8. The fraction of sp³-hybridized carbons (Fsp3) is 0.241. The summed E-state index contributed by atoms with van der Waals surface area (Å²) in [6.45, 7) is 5.22. The van der Waals surface area contributed by atoms with Crippen LogP contribution in [0, 0.1) is 0 Å². The largest absolute Gasteiger partial charge is 0.530 e. The molecule has 3 heterocycles. The lowest BCUT2D eigenvalue weighted by Gasteiger charge is -2.44. The molecule has 0 unspecified atom stereocenters. The molecule has 3 amide bonds. The lowest BCUT2D eigenvalue weighted by atomic mass is 9.97. The third-order valence-electron chi connectivity index (χ3n) is 6.71. The number of carbonyl (C=O) groups is 3. The molecule has 0 aliphatic carbocycles. The third kappa shape index (κ3) is 4.69. The van der Waals surface area contributed by atoms with Gasteiger partial charge in [0.15, 0.2) is 5.65 Å². The van der Waals surface area contributed by atoms with Gasteiger partial charge in [-0.25, -0.2) is 4.98 Å². The van der Waals surface area contributed by atoms with Crippen LogP contribution in [0.3, 0.4) is 0 Å². The number of fused-ring (bicyclic) bond motifs is 2. The van der Waals surface area contributed by atoms with Crippen molar-refractivity contribution in [2.24, 2.45) is 0 Å². The highest BCUT2D eigenvalue weighted by Crippen LogP contribution is 2.28. The number of rotatable bonds is 6. The lowest BCUT2D eigenvalue weighted by Crippen LogP contribution is -2.60. The highest BCUT2D eigenvalue weighted by molar-refractivity contribution is 9.10. The molecule has 0 radical (unpaired) electrons. The van der Waals surface area contributed by atoms with Crippen LogP contribution < -0.4 is 5.11 Å². The van der Waals surface area contributed by atoms with Gasteiger partial charge in [0.05, 0.1) is 33.9 Å². The van der Waals surface area contributed by atoms with Crippen LogP contribution in [0.1, 0.15) is 47.1 Å². The summed E-state index contributed by atoms with van der Waals surface area (Å²) in [7, 11) is 0. The third-order valence-corrected chi connectivity index (χ3v) is 7.33. The van der Waals surface area contributed by atoms with Crippen molar-refractivity contribution in [2.75, 3.05) is 6.54 Å². The standard InChI is InChI=1S/C29H27BrN4O4/c1-29(2,3)34(28(37)38)20(16-33-26(35)21-7-4-5-8-22(21)27(33)36)15-18-10-12-19(13-11-18)24-17-32-14-6-9-23(30)25(32)31-24/h4-14,17,20H,15-16H2,1-3H3,(H,37,38)/p-1/t20-/m0/s1. The first-order valence-corrected chi connectivity index (χ1v) is 13.0. The van der Waals surface area contributed by atoms with Crippen LogP contribution in [-0.4, -0.2) is 55.2 Å². The zero-order chi connectivity index (χ0) is 27.2. The van der Waals surface area contributed by atoms with E-state index in [0.717, 1.165) is 31.8 Å². The van der Waals surface area contributed by atoms with Crippen LogP contribution in [0.15, 0.2) is 77.5 Å². The Kier molecular flexibility index (Phi) is 6.56. The Hall–Kier alpha value is -3.98. The van der Waals surface area contributed by atoms with Crippen LogP contribution in [0.2, 0.25) is 0 Å². The minimum atomic E-state index is -1.36. The van der Waals surface area contributed by atoms with Gasteiger partial charge in [-0.05, 0) is 73.0 Å². The van der Waals surface area contributed by atoms with E-state index in [1.165, 1.54) is 4.90 Å². The number of imide groups is 1. The fourth-order valence-corrected chi connectivity index (χ4v) is 5.47. The van der Waals surface area contributed by atoms with Crippen molar-refractivity contribution < 1.29 is 19.5 Å². The quantitative estimate of drug-likeness (QED) is 0.318. The van der Waals surface area contributed by atoms with Crippen molar-refractivity contribution in [3.8, 4) is 11.3 Å². The molecule has 0 bridgehead atoms. The highest BCUT2D eigenvalue weighted by Gasteiger charge is 2.39. The number of pyridine rings is 1. The van der Waals surface area contributed by atoms with Gasteiger partial charge in [-0.15, -0.1) is 0 Å². The van der Waals surface area contributed by atoms with Crippen molar-refractivity contribution in [3.63, 3.8) is 0 Å². The molecule has 194 valence electrons. The first kappa shape index (κ1) is 25.7. The molecule has 0 saturated carbocycles. The minimum Gasteiger partial charge on any atom is -0.530 e. The van der Waals surface area contributed by atoms with Crippen LogP contribution in [-0.2, 0) is 6.42 Å². The van der Waals surface area contributed by atoms with Gasteiger partial charge < -0.3 is 19.2 Å². The smallest absolute Gasteiger partial charge is 0.261 e. The van der Waals surface area contributed by atoms with Gasteiger partial charge in [0.25, 0.3) is 11.8 Å². The number of carboxylic acid groups (broad SMARTS) is 1. The minimum absolute atomic E-state index is 0.0835. The Morgan fingerprint density at radius 1 is 1.00 bits per heavy atom. The van der Waals surface area contributed by atoms with E-state index >= 15 is 0 Å². The van der Waals surface area contributed by atoms with E-state index < -0.39 is 29.5 Å². The Balaban J connectivity index is 1.44. The molecule has 0 fully saturated rings. The second-order valence-corrected chi connectivity index (χ2v) is 11.2. The summed E-state index contributed by atoms with van der Waals surface area (Å²) in [6.07, 6.45) is 2.80. The van der Waals surface area contributed by atoms with E-state index in [1.54, 1.807) is 45.0 Å². The van der Waals surface area contributed by atoms with Gasteiger partial charge >= 0.3 is 0 Å². The fourth-order valence-electron chi connectivity index (χ4n) is 5.03. The molecule has 1 aliphatic rings. The molecule has 0 saturated heterocycles. The predicted octanol–water partition coefficient (Wildman–Crippen LogP) is 4.41. The Morgan fingerprint density at radius 3 is 2.18 bits per heavy atom. The van der Waals surface area contributed by atoms with Crippen LogP contribution >= 0.6 is 15.9 Å². The van der Waals surface area contributed by atoms with Gasteiger partial charge in [0.1, 0.15) is 6.09 Å². The molecule has 0 spiro atoms. The molecule has 9 heteroatoms. The van der Waals surface area contributed by atoms with Gasteiger partial charge in [-0.2, -0.15) is 0 Å². The SMILES string of the molecule is CC(C)(C)N(C(=O)[O-])[C@@H](Cc1ccc(-c2cn3cccc(Br)c3n2)cc1)CN1C(=O)c2ccccc2C1=O. The Bertz CT molecular complexity index is 1520. The van der Waals surface area contributed by atoms with Crippen molar-refractivity contribution in [1.29, 1.82) is 0 Å². The Morgan fingerprint density at radius 2 is 1.63 bits per heavy atom. The summed E-state index contributed by atoms with van der Waals surface area (Å²) in [5.41, 5.74) is 3.22. The normalized spacial score (nSPS) is 14.2. The number of benzene rings is 2. The summed E-state index contributed by atoms with van der Waals surface area (Å²) in [5, 5.41) is 12.3. The maximum absolute atomic E-state index is 13.0. The summed E-state index contributed by atoms with van der Waals surface area (Å²) in [4.78, 5) is 45.5. The second kappa shape index (κ2) is 9.72. The number of hydrogen-bond donors (Lipinski definition) is 0. The van der Waals surface area contributed by atoms with E-state index in [1.807, 2.05) is 53.2 Å². The van der Waals surface area contributed by atoms with Crippen LogP contribution in [0.25, 0.3) is 16.9 Å². The summed E-state index contributed by atoms with van der Waals surface area (Å²) < 4.78 is 2.83. The molecular formula is C29H26BrN4O4-. The van der Waals surface area contributed by atoms with E-state index in [-0.39, 0.29) is 13.0 Å². The molecule has 0 N–H and O–H groups in total. The molecule has 38 heavy (non-hydrogen) atoms. The number of carbonyl (C=O) groups excluding carboxylic acids is 3.